The van der Waals surface area contributed by atoms with Crippen molar-refractivity contribution in [2.24, 2.45) is 5.10 Å². The van der Waals surface area contributed by atoms with Crippen LogP contribution in [0.25, 0.3) is 0 Å². The monoisotopic (exact) mass is 349 g/mol. The summed E-state index contributed by atoms with van der Waals surface area (Å²) in [7, 11) is 3.05. The summed E-state index contributed by atoms with van der Waals surface area (Å²) < 4.78 is 10.9. The highest BCUT2D eigenvalue weighted by Gasteiger charge is 2.22. The van der Waals surface area contributed by atoms with E-state index in [-0.39, 0.29) is 23.8 Å². The van der Waals surface area contributed by atoms with Gasteiger partial charge < -0.3 is 14.9 Å². The minimum atomic E-state index is -0.521. The zero-order valence-corrected chi connectivity index (χ0v) is 13.9. The van der Waals surface area contributed by atoms with E-state index in [1.807, 2.05) is 6.07 Å². The molecule has 24 heavy (non-hydrogen) atoms. The molecule has 0 heterocycles. The number of hydrazone groups is 1. The molecule has 1 N–H and O–H groups in total. The van der Waals surface area contributed by atoms with E-state index in [0.717, 1.165) is 5.56 Å². The quantitative estimate of drug-likeness (QED) is 0.470. The van der Waals surface area contributed by atoms with Gasteiger partial charge in [-0.25, -0.2) is 0 Å². The zero-order valence-electron chi connectivity index (χ0n) is 13.2. The second kappa shape index (κ2) is 8.16. The lowest BCUT2D eigenvalue weighted by Gasteiger charge is -2.12. The molecular weight excluding hydrogens is 334 g/mol. The number of nitro benzene ring substituents is 1. The second-order valence-corrected chi connectivity index (χ2v) is 5.17. The summed E-state index contributed by atoms with van der Waals surface area (Å²) in [6.07, 6.45) is 1.45. The van der Waals surface area contributed by atoms with Crippen molar-refractivity contribution in [1.82, 2.24) is 5.43 Å². The molecule has 0 saturated carbocycles. The molecule has 0 bridgehead atoms. The van der Waals surface area contributed by atoms with Crippen molar-refractivity contribution in [2.45, 2.75) is 6.61 Å². The molecule has 0 radical (unpaired) electrons. The Morgan fingerprint density at radius 1 is 1.38 bits per heavy atom. The number of halogens is 1. The van der Waals surface area contributed by atoms with Crippen LogP contribution in [0.4, 0.5) is 5.69 Å². The number of methoxy groups -OCH3 is 1. The molecule has 126 valence electrons. The average Bonchev–Trinajstić information content (AvgIpc) is 2.57. The molecule has 7 nitrogen and oxygen atoms in total. The smallest absolute Gasteiger partial charge is 0.315 e. The van der Waals surface area contributed by atoms with E-state index in [0.29, 0.717) is 10.6 Å². The van der Waals surface area contributed by atoms with Gasteiger partial charge in [0.1, 0.15) is 6.61 Å². The summed E-state index contributed by atoms with van der Waals surface area (Å²) in [5.41, 5.74) is 3.69. The highest BCUT2D eigenvalue weighted by Crippen LogP contribution is 2.38. The molecule has 2 aromatic carbocycles. The number of hydrogen-bond acceptors (Lipinski definition) is 6. The maximum Gasteiger partial charge on any atom is 0.315 e. The summed E-state index contributed by atoms with van der Waals surface area (Å²) in [6, 6.07) is 10.1. The van der Waals surface area contributed by atoms with Gasteiger partial charge in [-0.2, -0.15) is 5.10 Å². The van der Waals surface area contributed by atoms with Gasteiger partial charge in [0, 0.05) is 23.7 Å². The first kappa shape index (κ1) is 17.6. The third-order valence-corrected chi connectivity index (χ3v) is 3.32. The molecule has 8 heteroatoms. The molecule has 0 saturated heterocycles. The fourth-order valence-corrected chi connectivity index (χ4v) is 2.25. The first-order valence-corrected chi connectivity index (χ1v) is 7.36. The van der Waals surface area contributed by atoms with Crippen LogP contribution in [-0.4, -0.2) is 25.3 Å². The molecule has 2 rings (SSSR count). The van der Waals surface area contributed by atoms with Gasteiger partial charge in [-0.15, -0.1) is 0 Å². The standard InChI is InChI=1S/C16H16ClN3O4/c1-18-19-9-12-7-14(20(21)22)16(15(8-12)23-2)24-10-11-4-3-5-13(17)6-11/h3-9,18H,10H2,1-2H3. The lowest BCUT2D eigenvalue weighted by Crippen LogP contribution is -2.03. The molecule has 0 atom stereocenters. The van der Waals surface area contributed by atoms with Crippen molar-refractivity contribution in [2.75, 3.05) is 14.2 Å². The van der Waals surface area contributed by atoms with Gasteiger partial charge in [0.2, 0.25) is 5.75 Å². The van der Waals surface area contributed by atoms with Crippen molar-refractivity contribution < 1.29 is 14.4 Å². The lowest BCUT2D eigenvalue weighted by atomic mass is 10.1. The van der Waals surface area contributed by atoms with Gasteiger partial charge in [0.05, 0.1) is 18.2 Å². The molecule has 0 aromatic heterocycles. The largest absolute Gasteiger partial charge is 0.493 e. The van der Waals surface area contributed by atoms with Crippen LogP contribution in [0.2, 0.25) is 5.02 Å². The Hall–Kier alpha value is -2.80. The Morgan fingerprint density at radius 2 is 2.17 bits per heavy atom. The number of nitro groups is 1. The van der Waals surface area contributed by atoms with Crippen LogP contribution in [0.1, 0.15) is 11.1 Å². The summed E-state index contributed by atoms with van der Waals surface area (Å²) in [5.74, 6) is 0.313. The molecular formula is C16H16ClN3O4. The maximum atomic E-state index is 11.4. The van der Waals surface area contributed by atoms with Crippen molar-refractivity contribution in [3.63, 3.8) is 0 Å². The lowest BCUT2D eigenvalue weighted by molar-refractivity contribution is -0.386. The van der Waals surface area contributed by atoms with Gasteiger partial charge in [-0.05, 0) is 23.8 Å². The van der Waals surface area contributed by atoms with Crippen molar-refractivity contribution in [3.8, 4) is 11.5 Å². The van der Waals surface area contributed by atoms with E-state index in [9.17, 15) is 10.1 Å². The third-order valence-electron chi connectivity index (χ3n) is 3.09. The van der Waals surface area contributed by atoms with Crippen molar-refractivity contribution in [3.05, 3.63) is 62.7 Å². The number of benzene rings is 2. The Morgan fingerprint density at radius 3 is 2.79 bits per heavy atom. The molecule has 0 spiro atoms. The molecule has 0 aliphatic carbocycles. The number of nitrogens with one attached hydrogen (secondary N) is 1. The molecule has 0 aliphatic heterocycles. The van der Waals surface area contributed by atoms with Gasteiger partial charge in [-0.3, -0.25) is 10.1 Å². The van der Waals surface area contributed by atoms with E-state index in [1.54, 1.807) is 31.3 Å². The van der Waals surface area contributed by atoms with E-state index >= 15 is 0 Å². The Kier molecular flexibility index (Phi) is 5.97. The zero-order chi connectivity index (χ0) is 17.5. The number of ether oxygens (including phenoxy) is 2. The average molecular weight is 350 g/mol. The second-order valence-electron chi connectivity index (χ2n) is 4.73. The predicted molar refractivity (Wildman–Crippen MR) is 92.1 cm³/mol. The van der Waals surface area contributed by atoms with Gasteiger partial charge in [0.25, 0.3) is 0 Å². The maximum absolute atomic E-state index is 11.4. The molecule has 0 amide bonds. The summed E-state index contributed by atoms with van der Waals surface area (Å²) in [4.78, 5) is 10.8. The molecule has 0 aliphatic rings. The fourth-order valence-electron chi connectivity index (χ4n) is 2.04. The molecule has 2 aromatic rings. The SMILES string of the molecule is CNN=Cc1cc(OC)c(OCc2cccc(Cl)c2)c([N+](=O)[O-])c1. The van der Waals surface area contributed by atoms with Crippen LogP contribution in [0.3, 0.4) is 0 Å². The van der Waals surface area contributed by atoms with E-state index in [2.05, 4.69) is 10.5 Å². The Bertz CT molecular complexity index is 765. The van der Waals surface area contributed by atoms with E-state index < -0.39 is 4.92 Å². The van der Waals surface area contributed by atoms with E-state index in [1.165, 1.54) is 19.4 Å². The van der Waals surface area contributed by atoms with Gasteiger partial charge in [-0.1, -0.05) is 23.7 Å². The summed E-state index contributed by atoms with van der Waals surface area (Å²) in [5, 5.41) is 15.8. The van der Waals surface area contributed by atoms with Crippen molar-refractivity contribution >= 4 is 23.5 Å². The van der Waals surface area contributed by atoms with Crippen LogP contribution < -0.4 is 14.9 Å². The minimum absolute atomic E-state index is 0.0593. The van der Waals surface area contributed by atoms with Crippen LogP contribution in [0.5, 0.6) is 11.5 Å². The first-order valence-electron chi connectivity index (χ1n) is 6.98. The predicted octanol–water partition coefficient (Wildman–Crippen LogP) is 3.39. The highest BCUT2D eigenvalue weighted by atomic mass is 35.5. The fraction of sp³-hybridized carbons (Fsp3) is 0.188. The van der Waals surface area contributed by atoms with Crippen LogP contribution >= 0.6 is 11.6 Å². The molecule has 0 unspecified atom stereocenters. The van der Waals surface area contributed by atoms with Crippen molar-refractivity contribution in [1.29, 1.82) is 0 Å². The summed E-state index contributed by atoms with van der Waals surface area (Å²) in [6.45, 7) is 0.127. The Labute approximate surface area is 144 Å². The Balaban J connectivity index is 2.36. The van der Waals surface area contributed by atoms with Crippen LogP contribution in [0.15, 0.2) is 41.5 Å². The molecule has 0 fully saturated rings. The van der Waals surface area contributed by atoms with Gasteiger partial charge >= 0.3 is 5.69 Å². The van der Waals surface area contributed by atoms with Gasteiger partial charge in [0.15, 0.2) is 5.75 Å². The third kappa shape index (κ3) is 4.36. The number of hydrogen-bond donors (Lipinski definition) is 1. The number of rotatable bonds is 7. The minimum Gasteiger partial charge on any atom is -0.493 e. The van der Waals surface area contributed by atoms with E-state index in [4.69, 9.17) is 21.1 Å². The number of nitrogens with zero attached hydrogens (tertiary/aromatic N) is 2. The topological polar surface area (TPSA) is 86.0 Å². The highest BCUT2D eigenvalue weighted by molar-refractivity contribution is 6.30. The van der Waals surface area contributed by atoms with Crippen LogP contribution in [0, 0.1) is 10.1 Å². The summed E-state index contributed by atoms with van der Waals surface area (Å²) >= 11 is 5.93. The first-order chi connectivity index (χ1) is 11.5. The van der Waals surface area contributed by atoms with Crippen LogP contribution in [-0.2, 0) is 6.61 Å². The normalized spacial score (nSPS) is 10.6.